The smallest absolute Gasteiger partial charge is 0.240 e. The van der Waals surface area contributed by atoms with Gasteiger partial charge in [-0.05, 0) is 33.6 Å². The minimum absolute atomic E-state index is 0. The molecule has 2 nitrogen and oxygen atoms in total. The maximum atomic E-state index is 12.0. The van der Waals surface area contributed by atoms with Crippen LogP contribution in [0.1, 0.15) is 18.0 Å². The molecule has 0 aliphatic carbocycles. The van der Waals surface area contributed by atoms with Gasteiger partial charge in [-0.25, -0.2) is 13.8 Å². The third-order valence-corrected chi connectivity index (χ3v) is 2.04. The molecule has 0 amide bonds. The zero-order chi connectivity index (χ0) is 9.84. The monoisotopic (exact) mass is 286 g/mol. The van der Waals surface area contributed by atoms with Crippen molar-refractivity contribution >= 4 is 28.3 Å². The van der Waals surface area contributed by atoms with Gasteiger partial charge in [0, 0.05) is 18.7 Å². The van der Waals surface area contributed by atoms with Crippen molar-refractivity contribution in [1.82, 2.24) is 4.98 Å². The lowest BCUT2D eigenvalue weighted by molar-refractivity contribution is 0.128. The summed E-state index contributed by atoms with van der Waals surface area (Å²) in [6, 6.07) is 2.66. The molecule has 1 heterocycles. The molecule has 2 N–H and O–H groups in total. The first-order valence-electron chi connectivity index (χ1n) is 3.75. The van der Waals surface area contributed by atoms with Crippen molar-refractivity contribution in [3.8, 4) is 0 Å². The minimum atomic E-state index is -2.37. The Kier molecular flexibility index (Phi) is 6.15. The van der Waals surface area contributed by atoms with E-state index in [9.17, 15) is 8.78 Å². The maximum Gasteiger partial charge on any atom is 0.240 e. The lowest BCUT2D eigenvalue weighted by Gasteiger charge is -2.10. The van der Waals surface area contributed by atoms with Crippen LogP contribution in [-0.2, 0) is 0 Å². The molecular weight excluding hydrogens is 277 g/mol. The summed E-state index contributed by atoms with van der Waals surface area (Å²) in [4.78, 5) is 3.87. The molecule has 14 heavy (non-hydrogen) atoms. The summed E-state index contributed by atoms with van der Waals surface area (Å²) < 4.78 is 24.5. The van der Waals surface area contributed by atoms with E-state index in [0.717, 1.165) is 0 Å². The van der Waals surface area contributed by atoms with Crippen molar-refractivity contribution in [3.05, 3.63) is 28.5 Å². The highest BCUT2D eigenvalue weighted by molar-refractivity contribution is 9.10. The largest absolute Gasteiger partial charge is 0.324 e. The fourth-order valence-electron chi connectivity index (χ4n) is 0.976. The van der Waals surface area contributed by atoms with E-state index in [1.165, 1.54) is 6.20 Å². The molecule has 0 fully saturated rings. The summed E-state index contributed by atoms with van der Waals surface area (Å²) in [5.74, 6) is 0. The van der Waals surface area contributed by atoms with Gasteiger partial charge in [0.15, 0.2) is 0 Å². The van der Waals surface area contributed by atoms with Gasteiger partial charge in [0.1, 0.15) is 4.60 Å². The van der Waals surface area contributed by atoms with Crippen LogP contribution in [0, 0.1) is 0 Å². The van der Waals surface area contributed by atoms with Crippen molar-refractivity contribution in [2.75, 3.05) is 0 Å². The van der Waals surface area contributed by atoms with Gasteiger partial charge in [0.2, 0.25) is 6.43 Å². The van der Waals surface area contributed by atoms with Crippen molar-refractivity contribution < 1.29 is 8.78 Å². The Bertz CT molecular complexity index is 286. The van der Waals surface area contributed by atoms with Crippen molar-refractivity contribution in [3.63, 3.8) is 0 Å². The quantitative estimate of drug-likeness (QED) is 0.868. The highest BCUT2D eigenvalue weighted by Crippen LogP contribution is 2.19. The van der Waals surface area contributed by atoms with Gasteiger partial charge in [-0.2, -0.15) is 0 Å². The Labute approximate surface area is 95.4 Å². The second-order valence-corrected chi connectivity index (χ2v) is 3.46. The number of hydrogen-bond donors (Lipinski definition) is 1. The van der Waals surface area contributed by atoms with Gasteiger partial charge in [-0.3, -0.25) is 0 Å². The first-order chi connectivity index (χ1) is 6.09. The fourth-order valence-corrected chi connectivity index (χ4v) is 1.36. The van der Waals surface area contributed by atoms with E-state index in [4.69, 9.17) is 5.73 Å². The summed E-state index contributed by atoms with van der Waals surface area (Å²) in [5, 5.41) is 0. The molecule has 1 rings (SSSR count). The molecule has 0 spiro atoms. The van der Waals surface area contributed by atoms with Crippen LogP contribution in [0.2, 0.25) is 0 Å². The molecule has 1 aromatic heterocycles. The minimum Gasteiger partial charge on any atom is -0.324 e. The first kappa shape index (κ1) is 13.7. The number of nitrogens with zero attached hydrogens (tertiary/aromatic N) is 1. The van der Waals surface area contributed by atoms with Gasteiger partial charge in [-0.1, -0.05) is 0 Å². The van der Waals surface area contributed by atoms with Crippen LogP contribution in [0.25, 0.3) is 0 Å². The lowest BCUT2D eigenvalue weighted by Crippen LogP contribution is -2.13. The predicted molar refractivity (Wildman–Crippen MR) is 56.7 cm³/mol. The van der Waals surface area contributed by atoms with E-state index in [-0.39, 0.29) is 18.8 Å². The van der Waals surface area contributed by atoms with Crippen LogP contribution in [0.4, 0.5) is 8.78 Å². The molecule has 0 aromatic carbocycles. The van der Waals surface area contributed by atoms with Gasteiger partial charge in [0.25, 0.3) is 0 Å². The third kappa shape index (κ3) is 4.30. The number of aromatic nitrogens is 1. The standard InChI is InChI=1S/C8H9BrF2N2.ClH/c9-7-3-5(1-2-13-7)6(12)4-8(10)11;/h1-3,6,8H,4,12H2;1H/t6-;/m1./s1. The molecule has 0 aliphatic heterocycles. The third-order valence-electron chi connectivity index (χ3n) is 1.61. The van der Waals surface area contributed by atoms with E-state index >= 15 is 0 Å². The first-order valence-corrected chi connectivity index (χ1v) is 4.54. The zero-order valence-corrected chi connectivity index (χ0v) is 9.56. The van der Waals surface area contributed by atoms with Crippen LogP contribution in [-0.4, -0.2) is 11.4 Å². The van der Waals surface area contributed by atoms with Crippen molar-refractivity contribution in [1.29, 1.82) is 0 Å². The SMILES string of the molecule is Cl.N[C@H](CC(F)F)c1ccnc(Br)c1. The average Bonchev–Trinajstić information content (AvgIpc) is 2.03. The summed E-state index contributed by atoms with van der Waals surface area (Å²) in [6.45, 7) is 0. The Balaban J connectivity index is 0.00000169. The number of nitrogens with two attached hydrogens (primary N) is 1. The molecule has 0 saturated carbocycles. The number of pyridine rings is 1. The lowest BCUT2D eigenvalue weighted by atomic mass is 10.1. The molecule has 80 valence electrons. The maximum absolute atomic E-state index is 12.0. The van der Waals surface area contributed by atoms with Gasteiger partial charge in [0.05, 0.1) is 0 Å². The molecular formula is C8H10BrClF2N2. The fraction of sp³-hybridized carbons (Fsp3) is 0.375. The summed E-state index contributed by atoms with van der Waals surface area (Å²) in [5.41, 5.74) is 6.20. The van der Waals surface area contributed by atoms with E-state index in [0.29, 0.717) is 10.2 Å². The Morgan fingerprint density at radius 3 is 2.64 bits per heavy atom. The van der Waals surface area contributed by atoms with Gasteiger partial charge >= 0.3 is 0 Å². The van der Waals surface area contributed by atoms with Crippen LogP contribution >= 0.6 is 28.3 Å². The van der Waals surface area contributed by atoms with E-state index in [1.54, 1.807) is 12.1 Å². The number of halogens is 4. The zero-order valence-electron chi connectivity index (χ0n) is 7.16. The average molecular weight is 288 g/mol. The second kappa shape index (κ2) is 6.27. The van der Waals surface area contributed by atoms with Crippen LogP contribution < -0.4 is 5.73 Å². The van der Waals surface area contributed by atoms with Gasteiger partial charge in [-0.15, -0.1) is 12.4 Å². The highest BCUT2D eigenvalue weighted by atomic mass is 79.9. The Morgan fingerprint density at radius 2 is 2.14 bits per heavy atom. The summed E-state index contributed by atoms with van der Waals surface area (Å²) >= 11 is 3.14. The van der Waals surface area contributed by atoms with Crippen LogP contribution in [0.3, 0.4) is 0 Å². The molecule has 1 atom stereocenters. The van der Waals surface area contributed by atoms with Crippen LogP contribution in [0.5, 0.6) is 0 Å². The Hall–Kier alpha value is -0.260. The van der Waals surface area contributed by atoms with Crippen LogP contribution in [0.15, 0.2) is 22.9 Å². The highest BCUT2D eigenvalue weighted by Gasteiger charge is 2.12. The van der Waals surface area contributed by atoms with E-state index < -0.39 is 12.5 Å². The molecule has 0 bridgehead atoms. The number of alkyl halides is 2. The van der Waals surface area contributed by atoms with E-state index in [1.807, 2.05) is 0 Å². The Morgan fingerprint density at radius 1 is 1.50 bits per heavy atom. The topological polar surface area (TPSA) is 38.9 Å². The number of rotatable bonds is 3. The van der Waals surface area contributed by atoms with Crippen molar-refractivity contribution in [2.24, 2.45) is 5.73 Å². The normalized spacial score (nSPS) is 12.4. The summed E-state index contributed by atoms with van der Waals surface area (Å²) in [6.07, 6.45) is -1.16. The number of hydrogen-bond acceptors (Lipinski definition) is 2. The summed E-state index contributed by atoms with van der Waals surface area (Å²) in [7, 11) is 0. The second-order valence-electron chi connectivity index (χ2n) is 2.65. The van der Waals surface area contributed by atoms with E-state index in [2.05, 4.69) is 20.9 Å². The molecule has 0 aliphatic rings. The molecule has 0 radical (unpaired) electrons. The molecule has 0 saturated heterocycles. The van der Waals surface area contributed by atoms with Gasteiger partial charge < -0.3 is 5.73 Å². The molecule has 1 aromatic rings. The predicted octanol–water partition coefficient (Wildman–Crippen LogP) is 2.92. The van der Waals surface area contributed by atoms with Crippen molar-refractivity contribution in [2.45, 2.75) is 18.9 Å². The molecule has 6 heteroatoms. The molecule has 0 unspecified atom stereocenters.